The van der Waals surface area contributed by atoms with Gasteiger partial charge in [0.25, 0.3) is 0 Å². The number of hydrogen-bond donors (Lipinski definition) is 2. The van der Waals surface area contributed by atoms with Gasteiger partial charge >= 0.3 is 0 Å². The largest absolute Gasteiger partial charge is 0.399 e. The van der Waals surface area contributed by atoms with Crippen LogP contribution in [0.15, 0.2) is 48.7 Å². The Kier molecular flexibility index (Phi) is 3.05. The number of nitrogen functional groups attached to an aromatic ring is 1. The number of carbonyl (C=O) groups excluding carboxylic acids is 1. The lowest BCUT2D eigenvalue weighted by atomic mass is 9.94. The summed E-state index contributed by atoms with van der Waals surface area (Å²) >= 11 is 0. The smallest absolute Gasteiger partial charge is 0.231 e. The Morgan fingerprint density at radius 2 is 1.82 bits per heavy atom. The molecule has 86 valence electrons. The van der Waals surface area contributed by atoms with E-state index in [-0.39, 0.29) is 0 Å². The van der Waals surface area contributed by atoms with Crippen LogP contribution < -0.4 is 11.5 Å². The Balaban J connectivity index is 2.43. The molecule has 4 N–H and O–H groups in total. The summed E-state index contributed by atoms with van der Waals surface area (Å²) in [6.07, 6.45) is 1.64. The summed E-state index contributed by atoms with van der Waals surface area (Å²) in [5.41, 5.74) is 13.1. The Hall–Kier alpha value is -2.36. The van der Waals surface area contributed by atoms with Crippen LogP contribution >= 0.6 is 0 Å². The molecule has 4 nitrogen and oxygen atoms in total. The van der Waals surface area contributed by atoms with Crippen molar-refractivity contribution in [1.82, 2.24) is 4.98 Å². The summed E-state index contributed by atoms with van der Waals surface area (Å²) in [6, 6.07) is 12.5. The van der Waals surface area contributed by atoms with Crippen molar-refractivity contribution in [1.29, 1.82) is 0 Å². The first-order valence-corrected chi connectivity index (χ1v) is 5.24. The van der Waals surface area contributed by atoms with E-state index in [2.05, 4.69) is 4.98 Å². The van der Waals surface area contributed by atoms with Gasteiger partial charge in [-0.15, -0.1) is 0 Å². The lowest BCUT2D eigenvalue weighted by Crippen LogP contribution is -2.23. The third-order valence-corrected chi connectivity index (χ3v) is 2.54. The number of hydrogen-bond acceptors (Lipinski definition) is 3. The average Bonchev–Trinajstić information content (AvgIpc) is 2.33. The van der Waals surface area contributed by atoms with Gasteiger partial charge in [-0.2, -0.15) is 0 Å². The van der Waals surface area contributed by atoms with Crippen molar-refractivity contribution in [3.8, 4) is 0 Å². The number of primary amides is 1. The molecule has 0 bridgehead atoms. The molecule has 1 aromatic carbocycles. The van der Waals surface area contributed by atoms with E-state index in [0.717, 1.165) is 5.56 Å². The fraction of sp³-hybridized carbons (Fsp3) is 0.0769. The summed E-state index contributed by atoms with van der Waals surface area (Å²) in [6.45, 7) is 0. The van der Waals surface area contributed by atoms with Crippen LogP contribution in [0.25, 0.3) is 0 Å². The van der Waals surface area contributed by atoms with Gasteiger partial charge in [-0.1, -0.05) is 18.2 Å². The first kappa shape index (κ1) is 11.1. The SMILES string of the molecule is NC(=O)C(c1ccc(N)cc1)c1ccccn1. The van der Waals surface area contributed by atoms with Crippen molar-refractivity contribution in [3.05, 3.63) is 59.9 Å². The Labute approximate surface area is 99.3 Å². The molecule has 0 saturated heterocycles. The molecule has 1 aromatic heterocycles. The number of aromatic nitrogens is 1. The molecule has 0 aliphatic heterocycles. The van der Waals surface area contributed by atoms with E-state index in [1.54, 1.807) is 42.6 Å². The molecule has 1 unspecified atom stereocenters. The maximum absolute atomic E-state index is 11.5. The van der Waals surface area contributed by atoms with Crippen LogP contribution in [0.4, 0.5) is 5.69 Å². The van der Waals surface area contributed by atoms with Crippen LogP contribution in [-0.2, 0) is 4.79 Å². The second-order valence-corrected chi connectivity index (χ2v) is 3.76. The average molecular weight is 227 g/mol. The highest BCUT2D eigenvalue weighted by molar-refractivity contribution is 5.85. The number of nitrogens with zero attached hydrogens (tertiary/aromatic N) is 1. The highest BCUT2D eigenvalue weighted by Crippen LogP contribution is 2.23. The van der Waals surface area contributed by atoms with Crippen molar-refractivity contribution in [3.63, 3.8) is 0 Å². The summed E-state index contributed by atoms with van der Waals surface area (Å²) < 4.78 is 0. The van der Waals surface area contributed by atoms with Crippen LogP contribution in [0, 0.1) is 0 Å². The fourth-order valence-electron chi connectivity index (χ4n) is 1.72. The van der Waals surface area contributed by atoms with Gasteiger partial charge in [0.1, 0.15) is 5.92 Å². The molecule has 2 rings (SSSR count). The zero-order chi connectivity index (χ0) is 12.3. The number of nitrogens with two attached hydrogens (primary N) is 2. The van der Waals surface area contributed by atoms with Gasteiger partial charge in [0.05, 0.1) is 5.69 Å². The normalized spacial score (nSPS) is 12.0. The van der Waals surface area contributed by atoms with Gasteiger partial charge in [-0.3, -0.25) is 9.78 Å². The number of rotatable bonds is 3. The van der Waals surface area contributed by atoms with Gasteiger partial charge in [0.2, 0.25) is 5.91 Å². The molecular formula is C13H13N3O. The van der Waals surface area contributed by atoms with Crippen molar-refractivity contribution >= 4 is 11.6 Å². The minimum atomic E-state index is -0.531. The van der Waals surface area contributed by atoms with E-state index in [4.69, 9.17) is 11.5 Å². The maximum Gasteiger partial charge on any atom is 0.231 e. The molecule has 1 atom stereocenters. The molecule has 0 radical (unpaired) electrons. The lowest BCUT2D eigenvalue weighted by Gasteiger charge is -2.13. The van der Waals surface area contributed by atoms with E-state index >= 15 is 0 Å². The first-order valence-electron chi connectivity index (χ1n) is 5.24. The van der Waals surface area contributed by atoms with E-state index in [9.17, 15) is 4.79 Å². The number of amides is 1. The highest BCUT2D eigenvalue weighted by atomic mass is 16.1. The number of pyridine rings is 1. The topological polar surface area (TPSA) is 82.0 Å². The van der Waals surface area contributed by atoms with Crippen LogP contribution in [0.1, 0.15) is 17.2 Å². The van der Waals surface area contributed by atoms with E-state index in [0.29, 0.717) is 11.4 Å². The van der Waals surface area contributed by atoms with Gasteiger partial charge < -0.3 is 11.5 Å². The Morgan fingerprint density at radius 1 is 1.12 bits per heavy atom. The predicted molar refractivity (Wildman–Crippen MR) is 66.1 cm³/mol. The quantitative estimate of drug-likeness (QED) is 0.775. The first-order chi connectivity index (χ1) is 8.18. The van der Waals surface area contributed by atoms with Gasteiger partial charge in [0.15, 0.2) is 0 Å². The van der Waals surface area contributed by atoms with Crippen molar-refractivity contribution in [2.24, 2.45) is 5.73 Å². The summed E-state index contributed by atoms with van der Waals surface area (Å²) in [7, 11) is 0. The molecule has 2 aromatic rings. The van der Waals surface area contributed by atoms with Crippen LogP contribution in [0.2, 0.25) is 0 Å². The molecule has 4 heteroatoms. The van der Waals surface area contributed by atoms with Gasteiger partial charge in [0, 0.05) is 11.9 Å². The Bertz CT molecular complexity index is 508. The lowest BCUT2D eigenvalue weighted by molar-refractivity contribution is -0.118. The summed E-state index contributed by atoms with van der Waals surface area (Å²) in [4.78, 5) is 15.7. The van der Waals surface area contributed by atoms with Crippen LogP contribution in [0.5, 0.6) is 0 Å². The van der Waals surface area contributed by atoms with Crippen LogP contribution in [-0.4, -0.2) is 10.9 Å². The molecule has 1 heterocycles. The van der Waals surface area contributed by atoms with Gasteiger partial charge in [-0.05, 0) is 29.8 Å². The zero-order valence-corrected chi connectivity index (χ0v) is 9.21. The standard InChI is InChI=1S/C13H13N3O/c14-10-6-4-9(5-7-10)12(13(15)17)11-3-1-2-8-16-11/h1-8,12H,14H2,(H2,15,17). The second kappa shape index (κ2) is 4.65. The van der Waals surface area contributed by atoms with Crippen molar-refractivity contribution in [2.45, 2.75) is 5.92 Å². The second-order valence-electron chi connectivity index (χ2n) is 3.76. The molecule has 0 aliphatic carbocycles. The molecule has 0 fully saturated rings. The van der Waals surface area contributed by atoms with Gasteiger partial charge in [-0.25, -0.2) is 0 Å². The zero-order valence-electron chi connectivity index (χ0n) is 9.21. The van der Waals surface area contributed by atoms with Crippen molar-refractivity contribution in [2.75, 3.05) is 5.73 Å². The molecule has 0 aliphatic rings. The fourth-order valence-corrected chi connectivity index (χ4v) is 1.72. The molecule has 17 heavy (non-hydrogen) atoms. The predicted octanol–water partition coefficient (Wildman–Crippen LogP) is 1.28. The third-order valence-electron chi connectivity index (χ3n) is 2.54. The maximum atomic E-state index is 11.5. The monoisotopic (exact) mass is 227 g/mol. The molecule has 0 spiro atoms. The third kappa shape index (κ3) is 2.42. The number of carbonyl (C=O) groups is 1. The van der Waals surface area contributed by atoms with Crippen molar-refractivity contribution < 1.29 is 4.79 Å². The number of anilines is 1. The van der Waals surface area contributed by atoms with Crippen LogP contribution in [0.3, 0.4) is 0 Å². The molecular weight excluding hydrogens is 214 g/mol. The van der Waals surface area contributed by atoms with E-state index < -0.39 is 11.8 Å². The molecule has 1 amide bonds. The van der Waals surface area contributed by atoms with E-state index in [1.165, 1.54) is 0 Å². The minimum absolute atomic E-state index is 0.423. The van der Waals surface area contributed by atoms with E-state index in [1.807, 2.05) is 6.07 Å². The number of benzene rings is 1. The Morgan fingerprint density at radius 3 is 2.35 bits per heavy atom. The molecule has 0 saturated carbocycles. The minimum Gasteiger partial charge on any atom is -0.399 e. The summed E-state index contributed by atoms with van der Waals surface area (Å²) in [5, 5.41) is 0. The summed E-state index contributed by atoms with van der Waals surface area (Å²) in [5.74, 6) is -0.953. The highest BCUT2D eigenvalue weighted by Gasteiger charge is 2.20.